The Kier molecular flexibility index (Phi) is 6.65. The molecule has 3 unspecified atom stereocenters. The van der Waals surface area contributed by atoms with Crippen LogP contribution in [0.4, 0.5) is 0 Å². The van der Waals surface area contributed by atoms with Crippen LogP contribution in [-0.4, -0.2) is 29.6 Å². The van der Waals surface area contributed by atoms with Crippen LogP contribution in [0, 0.1) is 17.3 Å². The van der Waals surface area contributed by atoms with E-state index in [9.17, 15) is 9.59 Å². The molecule has 5 nitrogen and oxygen atoms in total. The molecule has 1 fully saturated rings. The molecule has 0 aliphatic heterocycles. The molecule has 4 N–H and O–H groups in total. The van der Waals surface area contributed by atoms with Crippen molar-refractivity contribution < 1.29 is 14.7 Å². The Bertz CT molecular complexity index is 363. The highest BCUT2D eigenvalue weighted by Gasteiger charge is 2.32. The molecular formula is C16H30N2O3. The van der Waals surface area contributed by atoms with E-state index in [0.717, 1.165) is 25.7 Å². The van der Waals surface area contributed by atoms with Crippen molar-refractivity contribution in [1.82, 2.24) is 5.32 Å². The Morgan fingerprint density at radius 3 is 2.43 bits per heavy atom. The smallest absolute Gasteiger partial charge is 0.305 e. The highest BCUT2D eigenvalue weighted by Crippen LogP contribution is 2.30. The molecule has 1 saturated carbocycles. The van der Waals surface area contributed by atoms with E-state index in [1.165, 1.54) is 0 Å². The first-order valence-corrected chi connectivity index (χ1v) is 7.95. The first-order chi connectivity index (χ1) is 9.73. The Labute approximate surface area is 127 Å². The van der Waals surface area contributed by atoms with Crippen molar-refractivity contribution in [2.75, 3.05) is 6.54 Å². The zero-order valence-corrected chi connectivity index (χ0v) is 13.5. The maximum Gasteiger partial charge on any atom is 0.305 e. The molecule has 5 heteroatoms. The largest absolute Gasteiger partial charge is 0.481 e. The van der Waals surface area contributed by atoms with Crippen LogP contribution in [-0.2, 0) is 9.59 Å². The summed E-state index contributed by atoms with van der Waals surface area (Å²) in [4.78, 5) is 23.5. The van der Waals surface area contributed by atoms with Crippen LogP contribution in [0.5, 0.6) is 0 Å². The molecule has 0 aromatic carbocycles. The van der Waals surface area contributed by atoms with Gasteiger partial charge in [0.1, 0.15) is 0 Å². The lowest BCUT2D eigenvalue weighted by molar-refractivity contribution is -0.138. The minimum Gasteiger partial charge on any atom is -0.481 e. The summed E-state index contributed by atoms with van der Waals surface area (Å²) in [5, 5.41) is 12.0. The van der Waals surface area contributed by atoms with Gasteiger partial charge in [-0.3, -0.25) is 9.59 Å². The number of aliphatic carboxylic acids is 1. The molecule has 0 spiro atoms. The fraction of sp³-hybridized carbons (Fsp3) is 0.875. The molecule has 122 valence electrons. The van der Waals surface area contributed by atoms with Gasteiger partial charge in [-0.25, -0.2) is 0 Å². The monoisotopic (exact) mass is 298 g/mol. The van der Waals surface area contributed by atoms with E-state index in [1.54, 1.807) is 0 Å². The normalized spacial score (nSPS) is 24.4. The van der Waals surface area contributed by atoms with Crippen LogP contribution in [0.1, 0.15) is 59.3 Å². The third kappa shape index (κ3) is 6.46. The summed E-state index contributed by atoms with van der Waals surface area (Å²) in [5.74, 6) is -0.705. The maximum absolute atomic E-state index is 12.5. The van der Waals surface area contributed by atoms with E-state index in [1.807, 2.05) is 0 Å². The van der Waals surface area contributed by atoms with Gasteiger partial charge in [0.2, 0.25) is 5.91 Å². The van der Waals surface area contributed by atoms with Crippen molar-refractivity contribution >= 4 is 11.9 Å². The summed E-state index contributed by atoms with van der Waals surface area (Å²) in [6.07, 6.45) is 4.68. The number of carboxylic acids is 1. The second-order valence-electron chi connectivity index (χ2n) is 7.45. The topological polar surface area (TPSA) is 92.4 Å². The number of carbonyl (C=O) groups is 2. The Morgan fingerprint density at radius 2 is 1.90 bits per heavy atom. The lowest BCUT2D eigenvalue weighted by atomic mass is 9.78. The fourth-order valence-electron chi connectivity index (χ4n) is 3.27. The summed E-state index contributed by atoms with van der Waals surface area (Å²) < 4.78 is 0. The second kappa shape index (κ2) is 7.78. The van der Waals surface area contributed by atoms with Crippen molar-refractivity contribution in [2.45, 2.75) is 65.3 Å². The molecule has 1 amide bonds. The van der Waals surface area contributed by atoms with Gasteiger partial charge < -0.3 is 16.2 Å². The van der Waals surface area contributed by atoms with Gasteiger partial charge in [-0.15, -0.1) is 0 Å². The van der Waals surface area contributed by atoms with Gasteiger partial charge in [-0.1, -0.05) is 33.6 Å². The average molecular weight is 298 g/mol. The zero-order valence-electron chi connectivity index (χ0n) is 13.5. The van der Waals surface area contributed by atoms with Gasteiger partial charge >= 0.3 is 5.97 Å². The van der Waals surface area contributed by atoms with Gasteiger partial charge in [0, 0.05) is 12.0 Å². The van der Waals surface area contributed by atoms with Gasteiger partial charge in [0.15, 0.2) is 0 Å². The number of amides is 1. The van der Waals surface area contributed by atoms with Crippen molar-refractivity contribution in [3.8, 4) is 0 Å². The molecule has 0 aromatic heterocycles. The summed E-state index contributed by atoms with van der Waals surface area (Å²) >= 11 is 0. The lowest BCUT2D eigenvalue weighted by Gasteiger charge is -2.32. The van der Waals surface area contributed by atoms with Crippen molar-refractivity contribution in [3.05, 3.63) is 0 Å². The summed E-state index contributed by atoms with van der Waals surface area (Å²) in [6, 6.07) is -0.310. The fourth-order valence-corrected chi connectivity index (χ4v) is 3.27. The predicted octanol–water partition coefficient (Wildman–Crippen LogP) is 2.15. The van der Waals surface area contributed by atoms with E-state index in [-0.39, 0.29) is 35.6 Å². The van der Waals surface area contributed by atoms with Crippen LogP contribution in [0.25, 0.3) is 0 Å². The van der Waals surface area contributed by atoms with Gasteiger partial charge in [0.05, 0.1) is 6.42 Å². The predicted molar refractivity (Wildman–Crippen MR) is 82.8 cm³/mol. The molecular weight excluding hydrogens is 268 g/mol. The second-order valence-corrected chi connectivity index (χ2v) is 7.45. The number of hydrogen-bond acceptors (Lipinski definition) is 3. The minimum atomic E-state index is -0.872. The standard InChI is InChI=1S/C16H30N2O3/c1-16(2,3)9-12(8-14(19)20)18-15(21)13-7-5-4-6-11(13)10-17/h11-13H,4-10,17H2,1-3H3,(H,18,21)(H,19,20). The SMILES string of the molecule is CC(C)(C)CC(CC(=O)O)NC(=O)C1CCCCC1CN. The molecule has 1 rings (SSSR count). The minimum absolute atomic E-state index is 0.0133. The average Bonchev–Trinajstić information content (AvgIpc) is 2.35. The Balaban J connectivity index is 2.67. The summed E-state index contributed by atoms with van der Waals surface area (Å²) in [7, 11) is 0. The molecule has 0 saturated heterocycles. The van der Waals surface area contributed by atoms with Gasteiger partial charge in [-0.2, -0.15) is 0 Å². The number of carboxylic acid groups (broad SMARTS) is 1. The summed E-state index contributed by atoms with van der Waals surface area (Å²) in [6.45, 7) is 6.69. The highest BCUT2D eigenvalue weighted by atomic mass is 16.4. The van der Waals surface area contributed by atoms with Crippen LogP contribution in [0.2, 0.25) is 0 Å². The van der Waals surface area contributed by atoms with Crippen molar-refractivity contribution in [3.63, 3.8) is 0 Å². The zero-order chi connectivity index (χ0) is 16.0. The van der Waals surface area contributed by atoms with E-state index in [4.69, 9.17) is 10.8 Å². The quantitative estimate of drug-likeness (QED) is 0.700. The number of nitrogens with one attached hydrogen (secondary N) is 1. The number of nitrogens with two attached hydrogens (primary N) is 1. The molecule has 0 bridgehead atoms. The van der Waals surface area contributed by atoms with E-state index in [2.05, 4.69) is 26.1 Å². The summed E-state index contributed by atoms with van der Waals surface area (Å²) in [5.41, 5.74) is 5.75. The molecule has 0 heterocycles. The van der Waals surface area contributed by atoms with E-state index in [0.29, 0.717) is 13.0 Å². The molecule has 1 aliphatic carbocycles. The number of rotatable bonds is 6. The first kappa shape index (κ1) is 18.0. The van der Waals surface area contributed by atoms with E-state index >= 15 is 0 Å². The third-order valence-corrected chi connectivity index (χ3v) is 4.17. The van der Waals surface area contributed by atoms with Gasteiger partial charge in [-0.05, 0) is 37.1 Å². The maximum atomic E-state index is 12.5. The highest BCUT2D eigenvalue weighted by molar-refractivity contribution is 5.80. The Hall–Kier alpha value is -1.10. The van der Waals surface area contributed by atoms with E-state index < -0.39 is 5.97 Å². The van der Waals surface area contributed by atoms with Crippen LogP contribution < -0.4 is 11.1 Å². The first-order valence-electron chi connectivity index (χ1n) is 7.95. The lowest BCUT2D eigenvalue weighted by Crippen LogP contribution is -2.45. The molecule has 3 atom stereocenters. The molecule has 1 aliphatic rings. The van der Waals surface area contributed by atoms with Crippen molar-refractivity contribution in [2.24, 2.45) is 23.0 Å². The van der Waals surface area contributed by atoms with Crippen LogP contribution in [0.3, 0.4) is 0 Å². The molecule has 0 radical (unpaired) electrons. The molecule has 0 aromatic rings. The molecule has 21 heavy (non-hydrogen) atoms. The Morgan fingerprint density at radius 1 is 1.29 bits per heavy atom. The number of carbonyl (C=O) groups excluding carboxylic acids is 1. The third-order valence-electron chi connectivity index (χ3n) is 4.17. The van der Waals surface area contributed by atoms with Gasteiger partial charge in [0.25, 0.3) is 0 Å². The number of hydrogen-bond donors (Lipinski definition) is 3. The van der Waals surface area contributed by atoms with Crippen molar-refractivity contribution in [1.29, 1.82) is 0 Å². The van der Waals surface area contributed by atoms with Crippen LogP contribution >= 0.6 is 0 Å². The van der Waals surface area contributed by atoms with Crippen LogP contribution in [0.15, 0.2) is 0 Å².